The molecule has 1 aromatic carbocycles. The van der Waals surface area contributed by atoms with Gasteiger partial charge in [0.05, 0.1) is 12.3 Å². The maximum atomic E-state index is 11.7. The molecule has 0 saturated heterocycles. The molecule has 5 heteroatoms. The van der Waals surface area contributed by atoms with Crippen molar-refractivity contribution in [1.82, 2.24) is 9.78 Å². The molecule has 1 aromatic heterocycles. The van der Waals surface area contributed by atoms with Crippen molar-refractivity contribution >= 4 is 11.6 Å². The third kappa shape index (κ3) is 2.65. The van der Waals surface area contributed by atoms with Crippen LogP contribution < -0.4 is 10.3 Å². The van der Waals surface area contributed by atoms with Crippen molar-refractivity contribution in [3.8, 4) is 11.6 Å². The highest BCUT2D eigenvalue weighted by molar-refractivity contribution is 6.30. The van der Waals surface area contributed by atoms with Crippen molar-refractivity contribution in [3.63, 3.8) is 0 Å². The average molecular weight is 251 g/mol. The molecule has 0 bridgehead atoms. The van der Waals surface area contributed by atoms with Crippen LogP contribution in [0.5, 0.6) is 5.88 Å². The van der Waals surface area contributed by atoms with Gasteiger partial charge in [0.2, 0.25) is 5.88 Å². The number of hydrogen-bond acceptors (Lipinski definition) is 3. The van der Waals surface area contributed by atoms with E-state index < -0.39 is 0 Å². The molecule has 88 valence electrons. The number of ether oxygens (including phenoxy) is 1. The van der Waals surface area contributed by atoms with Crippen LogP contribution in [-0.2, 0) is 0 Å². The normalized spacial score (nSPS) is 10.2. The van der Waals surface area contributed by atoms with Crippen molar-refractivity contribution in [2.75, 3.05) is 6.61 Å². The van der Waals surface area contributed by atoms with Gasteiger partial charge in [0.25, 0.3) is 5.56 Å². The minimum absolute atomic E-state index is 0.212. The third-order valence-electron chi connectivity index (χ3n) is 2.14. The smallest absolute Gasteiger partial charge is 0.271 e. The molecule has 0 N–H and O–H groups in total. The summed E-state index contributed by atoms with van der Waals surface area (Å²) in [5.41, 5.74) is 0.441. The number of nitrogens with zero attached hydrogens (tertiary/aromatic N) is 2. The Bertz CT molecular complexity index is 563. The topological polar surface area (TPSA) is 44.1 Å². The minimum atomic E-state index is -0.212. The first-order chi connectivity index (χ1) is 8.20. The van der Waals surface area contributed by atoms with Gasteiger partial charge in [-0.3, -0.25) is 4.79 Å². The van der Waals surface area contributed by atoms with Gasteiger partial charge in [-0.2, -0.15) is 4.68 Å². The first kappa shape index (κ1) is 11.7. The highest BCUT2D eigenvalue weighted by Gasteiger charge is 2.03. The van der Waals surface area contributed by atoms with E-state index in [0.717, 1.165) is 0 Å². The fraction of sp³-hybridized carbons (Fsp3) is 0.167. The van der Waals surface area contributed by atoms with Crippen molar-refractivity contribution in [3.05, 3.63) is 51.8 Å². The highest BCUT2D eigenvalue weighted by atomic mass is 35.5. The molecule has 0 aliphatic heterocycles. The van der Waals surface area contributed by atoms with Crippen LogP contribution >= 0.6 is 11.6 Å². The maximum absolute atomic E-state index is 11.7. The van der Waals surface area contributed by atoms with E-state index in [1.807, 2.05) is 6.92 Å². The Kier molecular flexibility index (Phi) is 3.44. The number of hydrogen-bond donors (Lipinski definition) is 0. The number of rotatable bonds is 3. The van der Waals surface area contributed by atoms with Gasteiger partial charge in [-0.15, -0.1) is 5.10 Å². The van der Waals surface area contributed by atoms with Gasteiger partial charge in [0.15, 0.2) is 0 Å². The van der Waals surface area contributed by atoms with Crippen LogP contribution in [0.15, 0.2) is 41.2 Å². The summed E-state index contributed by atoms with van der Waals surface area (Å²) in [5, 5.41) is 4.71. The number of benzene rings is 1. The van der Waals surface area contributed by atoms with E-state index in [1.54, 1.807) is 30.3 Å². The molecule has 0 unspecified atom stereocenters. The molecule has 0 saturated carbocycles. The summed E-state index contributed by atoms with van der Waals surface area (Å²) >= 11 is 5.79. The molecule has 17 heavy (non-hydrogen) atoms. The Morgan fingerprint density at radius 3 is 2.59 bits per heavy atom. The molecule has 1 heterocycles. The molecular formula is C12H11ClN2O2. The van der Waals surface area contributed by atoms with Gasteiger partial charge in [0, 0.05) is 17.2 Å². The lowest BCUT2D eigenvalue weighted by molar-refractivity contribution is 0.319. The SMILES string of the molecule is CCOc1ccc(=O)n(-c2ccc(Cl)cc2)n1. The van der Waals surface area contributed by atoms with Gasteiger partial charge < -0.3 is 4.74 Å². The Morgan fingerprint density at radius 2 is 1.94 bits per heavy atom. The van der Waals surface area contributed by atoms with Gasteiger partial charge in [-0.05, 0) is 31.2 Å². The van der Waals surface area contributed by atoms with Gasteiger partial charge in [-0.25, -0.2) is 0 Å². The highest BCUT2D eigenvalue weighted by Crippen LogP contribution is 2.12. The van der Waals surface area contributed by atoms with Crippen molar-refractivity contribution < 1.29 is 4.74 Å². The first-order valence-corrected chi connectivity index (χ1v) is 5.57. The number of aromatic nitrogens is 2. The summed E-state index contributed by atoms with van der Waals surface area (Å²) in [5.74, 6) is 0.419. The van der Waals surface area contributed by atoms with E-state index in [1.165, 1.54) is 10.7 Å². The van der Waals surface area contributed by atoms with Crippen LogP contribution in [0.1, 0.15) is 6.92 Å². The molecule has 0 spiro atoms. The summed E-state index contributed by atoms with van der Waals surface area (Å²) in [7, 11) is 0. The second-order valence-electron chi connectivity index (χ2n) is 3.33. The average Bonchev–Trinajstić information content (AvgIpc) is 2.33. The second-order valence-corrected chi connectivity index (χ2v) is 3.77. The predicted octanol–water partition coefficient (Wildman–Crippen LogP) is 2.28. The van der Waals surface area contributed by atoms with Crippen LogP contribution in [0.2, 0.25) is 5.02 Å². The van der Waals surface area contributed by atoms with E-state index >= 15 is 0 Å². The Hall–Kier alpha value is -1.81. The molecule has 0 amide bonds. The lowest BCUT2D eigenvalue weighted by atomic mass is 10.3. The largest absolute Gasteiger partial charge is 0.477 e. The zero-order valence-electron chi connectivity index (χ0n) is 9.26. The van der Waals surface area contributed by atoms with Crippen LogP contribution in [0.4, 0.5) is 0 Å². The van der Waals surface area contributed by atoms with Gasteiger partial charge >= 0.3 is 0 Å². The zero-order valence-corrected chi connectivity index (χ0v) is 10.0. The van der Waals surface area contributed by atoms with Crippen molar-refractivity contribution in [1.29, 1.82) is 0 Å². The fourth-order valence-electron chi connectivity index (χ4n) is 1.39. The lowest BCUT2D eigenvalue weighted by Crippen LogP contribution is -2.20. The summed E-state index contributed by atoms with van der Waals surface area (Å²) in [4.78, 5) is 11.7. The Labute approximate surface area is 103 Å². The van der Waals surface area contributed by atoms with Crippen LogP contribution in [0, 0.1) is 0 Å². The molecule has 0 aliphatic rings. The van der Waals surface area contributed by atoms with E-state index in [0.29, 0.717) is 23.2 Å². The first-order valence-electron chi connectivity index (χ1n) is 5.20. The minimum Gasteiger partial charge on any atom is -0.477 e. The standard InChI is InChI=1S/C12H11ClN2O2/c1-2-17-11-7-8-12(16)15(14-11)10-5-3-9(13)4-6-10/h3-8H,2H2,1H3. The Balaban J connectivity index is 2.46. The summed E-state index contributed by atoms with van der Waals surface area (Å²) < 4.78 is 6.53. The van der Waals surface area contributed by atoms with Crippen LogP contribution in [0.3, 0.4) is 0 Å². The Morgan fingerprint density at radius 1 is 1.24 bits per heavy atom. The summed E-state index contributed by atoms with van der Waals surface area (Å²) in [6.45, 7) is 2.37. The monoisotopic (exact) mass is 250 g/mol. The van der Waals surface area contributed by atoms with Crippen molar-refractivity contribution in [2.45, 2.75) is 6.92 Å². The second kappa shape index (κ2) is 5.01. The van der Waals surface area contributed by atoms with E-state index in [2.05, 4.69) is 5.10 Å². The molecule has 0 aliphatic carbocycles. The van der Waals surface area contributed by atoms with Crippen LogP contribution in [0.25, 0.3) is 5.69 Å². The third-order valence-corrected chi connectivity index (χ3v) is 2.39. The fourth-order valence-corrected chi connectivity index (χ4v) is 1.51. The molecule has 0 radical (unpaired) electrons. The van der Waals surface area contributed by atoms with E-state index in [4.69, 9.17) is 16.3 Å². The summed E-state index contributed by atoms with van der Waals surface area (Å²) in [6, 6.07) is 9.85. The molecule has 0 fully saturated rings. The quantitative estimate of drug-likeness (QED) is 0.840. The van der Waals surface area contributed by atoms with Gasteiger partial charge in [-0.1, -0.05) is 11.6 Å². The van der Waals surface area contributed by atoms with Crippen LogP contribution in [-0.4, -0.2) is 16.4 Å². The van der Waals surface area contributed by atoms with E-state index in [-0.39, 0.29) is 5.56 Å². The van der Waals surface area contributed by atoms with E-state index in [9.17, 15) is 4.79 Å². The maximum Gasteiger partial charge on any atom is 0.271 e. The van der Waals surface area contributed by atoms with Crippen molar-refractivity contribution in [2.24, 2.45) is 0 Å². The number of halogens is 1. The molecule has 0 atom stereocenters. The lowest BCUT2D eigenvalue weighted by Gasteiger charge is -2.06. The molecule has 2 rings (SSSR count). The molecule has 4 nitrogen and oxygen atoms in total. The molecular weight excluding hydrogens is 240 g/mol. The molecule has 2 aromatic rings. The summed E-state index contributed by atoms with van der Waals surface area (Å²) in [6.07, 6.45) is 0. The predicted molar refractivity (Wildman–Crippen MR) is 66.0 cm³/mol. The zero-order chi connectivity index (χ0) is 12.3. The van der Waals surface area contributed by atoms with Gasteiger partial charge in [0.1, 0.15) is 0 Å².